The van der Waals surface area contributed by atoms with Crippen molar-refractivity contribution in [3.05, 3.63) is 35.9 Å². The maximum atomic E-state index is 4.28. The summed E-state index contributed by atoms with van der Waals surface area (Å²) in [7, 11) is 0.524. The van der Waals surface area contributed by atoms with Crippen LogP contribution in [0.25, 0.3) is 0 Å². The third-order valence-electron chi connectivity index (χ3n) is 1.76. The van der Waals surface area contributed by atoms with Crippen LogP contribution in [0.3, 0.4) is 0 Å². The molecule has 1 aromatic rings. The lowest BCUT2D eigenvalue weighted by Crippen LogP contribution is -2.45. The first kappa shape index (κ1) is 11.0. The Bertz CT molecular complexity index is 312. The Morgan fingerprint density at radius 2 is 1.71 bits per heavy atom. The Kier molecular flexibility index (Phi) is 3.47. The van der Waals surface area contributed by atoms with Crippen LogP contribution in [-0.2, 0) is 0 Å². The molecule has 1 rings (SSSR count). The van der Waals surface area contributed by atoms with Crippen molar-refractivity contribution in [3.8, 4) is 0 Å². The van der Waals surface area contributed by atoms with Crippen molar-refractivity contribution in [3.63, 3.8) is 0 Å². The molecule has 0 heterocycles. The summed E-state index contributed by atoms with van der Waals surface area (Å²) in [4.78, 5) is 7.79. The molecule has 0 fully saturated rings. The van der Waals surface area contributed by atoms with Crippen LogP contribution >= 0.6 is 0 Å². The highest BCUT2D eigenvalue weighted by molar-refractivity contribution is 6.76. The van der Waals surface area contributed by atoms with E-state index in [0.29, 0.717) is 0 Å². The highest BCUT2D eigenvalue weighted by atomic mass is 28.3. The highest BCUT2D eigenvalue weighted by Crippen LogP contribution is 2.03. The smallest absolute Gasteiger partial charge is 0.145 e. The maximum absolute atomic E-state index is 4.28. The minimum atomic E-state index is -1.30. The van der Waals surface area contributed by atoms with E-state index >= 15 is 0 Å². The van der Waals surface area contributed by atoms with Gasteiger partial charge in [-0.05, 0) is 0 Å². The van der Waals surface area contributed by atoms with E-state index in [1.807, 2.05) is 25.2 Å². The van der Waals surface area contributed by atoms with Crippen LogP contribution in [0, 0.1) is 0 Å². The molecule has 0 aliphatic carbocycles. The van der Waals surface area contributed by atoms with E-state index in [-0.39, 0.29) is 0 Å². The summed E-state index contributed by atoms with van der Waals surface area (Å²) in [5.41, 5.74) is 1.16. The van der Waals surface area contributed by atoms with Gasteiger partial charge < -0.3 is 4.98 Å². The minimum Gasteiger partial charge on any atom is -0.396 e. The quantitative estimate of drug-likeness (QED) is 0.449. The number of benzene rings is 1. The molecule has 14 heavy (non-hydrogen) atoms. The molecular formula is C11H18N2Si. The largest absolute Gasteiger partial charge is 0.396 e. The van der Waals surface area contributed by atoms with Crippen molar-refractivity contribution in [2.45, 2.75) is 19.6 Å². The summed E-state index contributed by atoms with van der Waals surface area (Å²) in [6.07, 6.45) is 0. The van der Waals surface area contributed by atoms with E-state index in [0.717, 1.165) is 11.4 Å². The molecule has 0 bridgehead atoms. The first-order valence-electron chi connectivity index (χ1n) is 4.83. The molecule has 76 valence electrons. The normalized spacial score (nSPS) is 12.7. The molecule has 1 N–H and O–H groups in total. The summed E-state index contributed by atoms with van der Waals surface area (Å²) in [6, 6.07) is 10.2. The molecule has 0 atom stereocenters. The fourth-order valence-corrected chi connectivity index (χ4v) is 2.17. The van der Waals surface area contributed by atoms with Crippen molar-refractivity contribution < 1.29 is 0 Å². The molecule has 0 saturated heterocycles. The Morgan fingerprint density at radius 3 is 2.14 bits per heavy atom. The molecule has 3 heteroatoms. The van der Waals surface area contributed by atoms with Crippen LogP contribution in [0.1, 0.15) is 5.56 Å². The zero-order chi connectivity index (χ0) is 10.6. The van der Waals surface area contributed by atoms with Gasteiger partial charge in [-0.25, -0.2) is 0 Å². The van der Waals surface area contributed by atoms with Gasteiger partial charge in [-0.3, -0.25) is 4.99 Å². The van der Waals surface area contributed by atoms with Gasteiger partial charge in [0.1, 0.15) is 14.1 Å². The van der Waals surface area contributed by atoms with Gasteiger partial charge in [0.05, 0.1) is 0 Å². The van der Waals surface area contributed by atoms with Gasteiger partial charge in [0.2, 0.25) is 0 Å². The van der Waals surface area contributed by atoms with E-state index in [1.165, 1.54) is 0 Å². The Morgan fingerprint density at radius 1 is 1.14 bits per heavy atom. The number of hydrogen-bond acceptors (Lipinski definition) is 1. The lowest BCUT2D eigenvalue weighted by molar-refractivity contribution is 1.26. The first-order valence-corrected chi connectivity index (χ1v) is 8.33. The standard InChI is InChI=1S/C11H18N2Si/c1-12-11(13-14(2,3)4)10-8-6-5-7-9-10/h5-9H,1-4H3,(H,12,13). The number of amidine groups is 1. The number of aliphatic imine (C=N–C) groups is 1. The van der Waals surface area contributed by atoms with Gasteiger partial charge in [0, 0.05) is 12.6 Å². The van der Waals surface area contributed by atoms with Crippen LogP contribution < -0.4 is 4.98 Å². The van der Waals surface area contributed by atoms with Crippen molar-refractivity contribution in [1.29, 1.82) is 0 Å². The summed E-state index contributed by atoms with van der Waals surface area (Å²) in [6.45, 7) is 6.80. The molecule has 0 amide bonds. The van der Waals surface area contributed by atoms with Gasteiger partial charge in [-0.15, -0.1) is 0 Å². The maximum Gasteiger partial charge on any atom is 0.145 e. The van der Waals surface area contributed by atoms with Crippen molar-refractivity contribution >= 4 is 14.1 Å². The second-order valence-corrected chi connectivity index (χ2v) is 9.06. The Labute approximate surface area is 87.2 Å². The second-order valence-electron chi connectivity index (χ2n) is 4.31. The average molecular weight is 206 g/mol. The van der Waals surface area contributed by atoms with E-state index in [1.54, 1.807) is 0 Å². The third kappa shape index (κ3) is 3.34. The van der Waals surface area contributed by atoms with Crippen LogP contribution in [0.5, 0.6) is 0 Å². The molecule has 0 radical (unpaired) electrons. The van der Waals surface area contributed by atoms with Gasteiger partial charge >= 0.3 is 0 Å². The highest BCUT2D eigenvalue weighted by Gasteiger charge is 2.15. The predicted octanol–water partition coefficient (Wildman–Crippen LogP) is 2.49. The van der Waals surface area contributed by atoms with Gasteiger partial charge in [0.25, 0.3) is 0 Å². The van der Waals surface area contributed by atoms with Gasteiger partial charge in [-0.2, -0.15) is 0 Å². The summed E-state index contributed by atoms with van der Waals surface area (Å²) in [5.74, 6) is 1.00. The second kappa shape index (κ2) is 4.42. The fraction of sp³-hybridized carbons (Fsp3) is 0.364. The zero-order valence-corrected chi connectivity index (χ0v) is 10.3. The lowest BCUT2D eigenvalue weighted by atomic mass is 10.2. The number of nitrogens with one attached hydrogen (secondary N) is 1. The van der Waals surface area contributed by atoms with Crippen molar-refractivity contribution in [2.24, 2.45) is 4.99 Å². The molecule has 0 aromatic heterocycles. The van der Waals surface area contributed by atoms with Gasteiger partial charge in [0.15, 0.2) is 0 Å². The predicted molar refractivity (Wildman–Crippen MR) is 65.4 cm³/mol. The summed E-state index contributed by atoms with van der Waals surface area (Å²) >= 11 is 0. The summed E-state index contributed by atoms with van der Waals surface area (Å²) in [5, 5.41) is 0. The summed E-state index contributed by atoms with van der Waals surface area (Å²) < 4.78 is 0. The van der Waals surface area contributed by atoms with Crippen LogP contribution in [0.15, 0.2) is 35.3 Å². The monoisotopic (exact) mass is 206 g/mol. The number of nitrogens with zero attached hydrogens (tertiary/aromatic N) is 1. The Balaban J connectivity index is 2.85. The number of hydrogen-bond donors (Lipinski definition) is 1. The first-order chi connectivity index (χ1) is 6.53. The molecule has 0 aliphatic rings. The van der Waals surface area contributed by atoms with Crippen molar-refractivity contribution in [2.75, 3.05) is 7.05 Å². The van der Waals surface area contributed by atoms with Crippen molar-refractivity contribution in [1.82, 2.24) is 4.98 Å². The molecule has 0 unspecified atom stereocenters. The third-order valence-corrected chi connectivity index (χ3v) is 2.75. The van der Waals surface area contributed by atoms with E-state index in [9.17, 15) is 0 Å². The van der Waals surface area contributed by atoms with E-state index in [4.69, 9.17) is 0 Å². The Hall–Kier alpha value is -1.09. The molecule has 2 nitrogen and oxygen atoms in total. The SMILES string of the molecule is CN=C(N[Si](C)(C)C)c1ccccc1. The average Bonchev–Trinajstić information content (AvgIpc) is 2.14. The van der Waals surface area contributed by atoms with E-state index in [2.05, 4.69) is 41.7 Å². The molecular weight excluding hydrogens is 188 g/mol. The minimum absolute atomic E-state index is 1.00. The topological polar surface area (TPSA) is 24.4 Å². The fourth-order valence-electron chi connectivity index (χ4n) is 1.21. The van der Waals surface area contributed by atoms with Crippen LogP contribution in [0.2, 0.25) is 19.6 Å². The number of rotatable bonds is 2. The van der Waals surface area contributed by atoms with Gasteiger partial charge in [-0.1, -0.05) is 50.0 Å². The zero-order valence-electron chi connectivity index (χ0n) is 9.33. The molecule has 0 aliphatic heterocycles. The van der Waals surface area contributed by atoms with E-state index < -0.39 is 8.24 Å². The molecule has 1 aromatic carbocycles. The molecule has 0 saturated carbocycles. The van der Waals surface area contributed by atoms with Crippen LogP contribution in [0.4, 0.5) is 0 Å². The lowest BCUT2D eigenvalue weighted by Gasteiger charge is -2.21. The molecule has 0 spiro atoms. The van der Waals surface area contributed by atoms with Crippen LogP contribution in [-0.4, -0.2) is 21.1 Å².